The molecule has 1 saturated carbocycles. The van der Waals surface area contributed by atoms with Gasteiger partial charge in [0.1, 0.15) is 11.0 Å². The van der Waals surface area contributed by atoms with Crippen molar-refractivity contribution in [3.05, 3.63) is 48.9 Å². The molecule has 1 aliphatic carbocycles. The van der Waals surface area contributed by atoms with E-state index in [4.69, 9.17) is 4.98 Å². The van der Waals surface area contributed by atoms with E-state index < -0.39 is 0 Å². The van der Waals surface area contributed by atoms with Crippen LogP contribution >= 0.6 is 0 Å². The molecule has 1 fully saturated rings. The summed E-state index contributed by atoms with van der Waals surface area (Å²) in [5.41, 5.74) is 5.79. The molecule has 3 N–H and O–H groups in total. The highest BCUT2D eigenvalue weighted by Gasteiger charge is 2.29. The minimum Gasteiger partial charge on any atom is -0.324 e. The predicted molar refractivity (Wildman–Crippen MR) is 111 cm³/mol. The van der Waals surface area contributed by atoms with Crippen LogP contribution in [-0.2, 0) is 4.79 Å². The number of hydrogen-bond acceptors (Lipinski definition) is 6. The molecule has 0 radical (unpaired) electrons. The van der Waals surface area contributed by atoms with Gasteiger partial charge in [-0.1, -0.05) is 0 Å². The molecule has 30 heavy (non-hydrogen) atoms. The fourth-order valence-corrected chi connectivity index (χ4v) is 3.42. The van der Waals surface area contributed by atoms with Gasteiger partial charge >= 0.3 is 0 Å². The summed E-state index contributed by atoms with van der Waals surface area (Å²) in [7, 11) is 0. The summed E-state index contributed by atoms with van der Waals surface area (Å²) in [6, 6.07) is 9.43. The lowest BCUT2D eigenvalue weighted by Crippen LogP contribution is -2.13. The average molecular weight is 396 g/mol. The molecule has 0 atom stereocenters. The minimum absolute atomic E-state index is 0.0491. The highest BCUT2D eigenvalue weighted by atomic mass is 16.2. The van der Waals surface area contributed by atoms with Gasteiger partial charge in [-0.2, -0.15) is 5.10 Å². The number of amides is 1. The number of hydrogen-bond donors (Lipinski definition) is 3. The third kappa shape index (κ3) is 2.87. The lowest BCUT2D eigenvalue weighted by atomic mass is 10.1. The van der Waals surface area contributed by atoms with Crippen molar-refractivity contribution in [2.75, 3.05) is 5.32 Å². The van der Waals surface area contributed by atoms with Gasteiger partial charge in [0, 0.05) is 23.9 Å². The molecule has 0 aromatic carbocycles. The molecule has 6 rings (SSSR count). The second-order valence-corrected chi connectivity index (χ2v) is 7.35. The number of rotatable bonds is 4. The number of anilines is 1. The van der Waals surface area contributed by atoms with E-state index in [1.165, 1.54) is 0 Å². The number of aromatic amines is 2. The number of imidazole rings is 1. The number of carbonyl (C=O) groups excluding carboxylic acids is 1. The Morgan fingerprint density at radius 1 is 1.13 bits per heavy atom. The van der Waals surface area contributed by atoms with Crippen LogP contribution in [0.25, 0.3) is 45.0 Å². The van der Waals surface area contributed by atoms with Gasteiger partial charge in [0.05, 0.1) is 23.1 Å². The lowest BCUT2D eigenvalue weighted by Gasteiger charge is -2.06. The van der Waals surface area contributed by atoms with Crippen molar-refractivity contribution < 1.29 is 4.79 Å². The number of H-pyrrole nitrogens is 2. The summed E-state index contributed by atoms with van der Waals surface area (Å²) < 4.78 is 0. The maximum Gasteiger partial charge on any atom is 0.227 e. The number of carbonyl (C=O) groups is 1. The summed E-state index contributed by atoms with van der Waals surface area (Å²) in [5.74, 6) is 0.783. The third-order valence-electron chi connectivity index (χ3n) is 5.14. The first-order chi connectivity index (χ1) is 14.7. The molecular weight excluding hydrogens is 380 g/mol. The molecule has 5 aromatic heterocycles. The first kappa shape index (κ1) is 16.8. The maximum atomic E-state index is 12.1. The van der Waals surface area contributed by atoms with E-state index in [0.717, 1.165) is 35.1 Å². The van der Waals surface area contributed by atoms with Crippen LogP contribution < -0.4 is 5.32 Å². The van der Waals surface area contributed by atoms with Crippen LogP contribution in [0, 0.1) is 5.92 Å². The molecule has 9 heteroatoms. The number of nitrogens with one attached hydrogen (secondary N) is 3. The first-order valence-corrected chi connectivity index (χ1v) is 9.67. The third-order valence-corrected chi connectivity index (χ3v) is 5.14. The van der Waals surface area contributed by atoms with Crippen molar-refractivity contribution in [1.82, 2.24) is 35.1 Å². The zero-order valence-electron chi connectivity index (χ0n) is 15.8. The molecule has 146 valence electrons. The zero-order chi connectivity index (χ0) is 20.1. The first-order valence-electron chi connectivity index (χ1n) is 9.67. The van der Waals surface area contributed by atoms with Crippen molar-refractivity contribution in [3.8, 4) is 22.8 Å². The van der Waals surface area contributed by atoms with Gasteiger partial charge in [0.25, 0.3) is 0 Å². The van der Waals surface area contributed by atoms with Crippen LogP contribution in [-0.4, -0.2) is 41.0 Å². The Kier molecular flexibility index (Phi) is 3.61. The SMILES string of the molecule is O=C(Nc1cncc(-c2ccc3[nH]nc(-c4nc5cccnc5[nH]4)c3n2)c1)C1CC1. The van der Waals surface area contributed by atoms with Crippen molar-refractivity contribution in [2.24, 2.45) is 5.92 Å². The summed E-state index contributed by atoms with van der Waals surface area (Å²) in [5, 5.41) is 10.3. The zero-order valence-corrected chi connectivity index (χ0v) is 15.8. The average Bonchev–Trinajstić information content (AvgIpc) is 3.40. The van der Waals surface area contributed by atoms with Crippen LogP contribution in [0.4, 0.5) is 5.69 Å². The maximum absolute atomic E-state index is 12.1. The molecule has 9 nitrogen and oxygen atoms in total. The lowest BCUT2D eigenvalue weighted by molar-refractivity contribution is -0.117. The number of pyridine rings is 3. The molecular formula is C21H16N8O. The van der Waals surface area contributed by atoms with E-state index in [1.54, 1.807) is 18.6 Å². The van der Waals surface area contributed by atoms with Crippen LogP contribution in [0.2, 0.25) is 0 Å². The summed E-state index contributed by atoms with van der Waals surface area (Å²) in [6.07, 6.45) is 7.00. The van der Waals surface area contributed by atoms with Gasteiger partial charge in [0.15, 0.2) is 17.2 Å². The van der Waals surface area contributed by atoms with E-state index in [2.05, 4.69) is 35.5 Å². The van der Waals surface area contributed by atoms with Gasteiger partial charge < -0.3 is 10.3 Å². The molecule has 0 unspecified atom stereocenters. The van der Waals surface area contributed by atoms with Crippen molar-refractivity contribution >= 4 is 33.8 Å². The Hall–Kier alpha value is -4.14. The molecule has 1 aliphatic rings. The van der Waals surface area contributed by atoms with E-state index in [1.807, 2.05) is 30.3 Å². The minimum atomic E-state index is 0.0491. The quantitative estimate of drug-likeness (QED) is 0.428. The van der Waals surface area contributed by atoms with Crippen molar-refractivity contribution in [1.29, 1.82) is 0 Å². The topological polar surface area (TPSA) is 125 Å². The van der Waals surface area contributed by atoms with Crippen LogP contribution in [0.5, 0.6) is 0 Å². The number of aromatic nitrogens is 7. The van der Waals surface area contributed by atoms with E-state index in [0.29, 0.717) is 28.4 Å². The monoisotopic (exact) mass is 396 g/mol. The second-order valence-electron chi connectivity index (χ2n) is 7.35. The van der Waals surface area contributed by atoms with Crippen LogP contribution in [0.1, 0.15) is 12.8 Å². The Labute approximate surface area is 170 Å². The summed E-state index contributed by atoms with van der Waals surface area (Å²) >= 11 is 0. The van der Waals surface area contributed by atoms with Crippen molar-refractivity contribution in [2.45, 2.75) is 12.8 Å². The summed E-state index contributed by atoms with van der Waals surface area (Å²) in [6.45, 7) is 0. The normalized spacial score (nSPS) is 13.7. The molecule has 5 heterocycles. The summed E-state index contributed by atoms with van der Waals surface area (Å²) in [4.78, 5) is 33.2. The van der Waals surface area contributed by atoms with Crippen molar-refractivity contribution in [3.63, 3.8) is 0 Å². The van der Waals surface area contributed by atoms with Gasteiger partial charge in [-0.3, -0.25) is 14.9 Å². The van der Waals surface area contributed by atoms with E-state index >= 15 is 0 Å². The van der Waals surface area contributed by atoms with Gasteiger partial charge in [-0.05, 0) is 43.2 Å². The van der Waals surface area contributed by atoms with Gasteiger partial charge in [-0.25, -0.2) is 15.0 Å². The van der Waals surface area contributed by atoms with E-state index in [-0.39, 0.29) is 11.8 Å². The molecule has 0 aliphatic heterocycles. The van der Waals surface area contributed by atoms with Gasteiger partial charge in [0.2, 0.25) is 5.91 Å². The Morgan fingerprint density at radius 3 is 2.93 bits per heavy atom. The second kappa shape index (κ2) is 6.45. The van der Waals surface area contributed by atoms with Crippen LogP contribution in [0.15, 0.2) is 48.9 Å². The van der Waals surface area contributed by atoms with Gasteiger partial charge in [-0.15, -0.1) is 0 Å². The number of nitrogens with zero attached hydrogens (tertiary/aromatic N) is 5. The van der Waals surface area contributed by atoms with Crippen LogP contribution in [0.3, 0.4) is 0 Å². The number of fused-ring (bicyclic) bond motifs is 2. The molecule has 0 bridgehead atoms. The standard InChI is InChI=1S/C21H16N8O/c30-21(11-3-4-11)24-13-8-12(9-22-10-13)14-5-6-15-17(25-14)18(29-28-15)20-26-16-2-1-7-23-19(16)27-20/h1-2,5-11H,3-4H2,(H,24,30)(H,28,29)(H,23,26,27). The Morgan fingerprint density at radius 2 is 2.07 bits per heavy atom. The fourth-order valence-electron chi connectivity index (χ4n) is 3.42. The molecule has 0 saturated heterocycles. The highest BCUT2D eigenvalue weighted by molar-refractivity contribution is 5.95. The predicted octanol–water partition coefficient (Wildman–Crippen LogP) is 3.31. The molecule has 5 aromatic rings. The molecule has 1 amide bonds. The van der Waals surface area contributed by atoms with E-state index in [9.17, 15) is 4.79 Å². The largest absolute Gasteiger partial charge is 0.324 e. The Bertz CT molecular complexity index is 1380. The fraction of sp³-hybridized carbons (Fsp3) is 0.143. The molecule has 0 spiro atoms. The smallest absolute Gasteiger partial charge is 0.227 e. The Balaban J connectivity index is 1.40. The highest BCUT2D eigenvalue weighted by Crippen LogP contribution is 2.31.